The first-order chi connectivity index (χ1) is 18.5. The van der Waals surface area contributed by atoms with Crippen molar-refractivity contribution < 1.29 is 33.3 Å². The topological polar surface area (TPSA) is 91.4 Å². The number of carbonyl (C=O) groups is 3. The molecule has 2 heterocycles. The number of amides is 2. The standard InChI is InChI=1S/C31H39NO7/c1-17-24(28(34)39-31-13-18-10-19(14-31)12-20(11-18)15-31)25(26(38-17)21-6-8-22(36-5)9-7-21)27(33)32-23(30(2,3)4)16-37-29(32)35/h6-9,18-20,23,25-26H,10-16H2,1-5H3/t18?,19?,20?,23-,25+,26-,31?/m1/s1. The molecule has 210 valence electrons. The summed E-state index contributed by atoms with van der Waals surface area (Å²) in [5, 5.41) is 0. The molecule has 4 aliphatic carbocycles. The van der Waals surface area contributed by atoms with Crippen LogP contribution in [0.25, 0.3) is 0 Å². The van der Waals surface area contributed by atoms with Gasteiger partial charge in [-0.2, -0.15) is 0 Å². The molecule has 8 heteroatoms. The number of esters is 1. The molecule has 4 saturated carbocycles. The van der Waals surface area contributed by atoms with Crippen molar-refractivity contribution in [3.8, 4) is 5.75 Å². The Morgan fingerprint density at radius 1 is 1.00 bits per heavy atom. The lowest BCUT2D eigenvalue weighted by Crippen LogP contribution is -2.53. The number of imide groups is 1. The first kappa shape index (κ1) is 26.2. The summed E-state index contributed by atoms with van der Waals surface area (Å²) in [4.78, 5) is 42.5. The van der Waals surface area contributed by atoms with Gasteiger partial charge in [0.05, 0.1) is 18.7 Å². The lowest BCUT2D eigenvalue weighted by Gasteiger charge is -2.55. The summed E-state index contributed by atoms with van der Waals surface area (Å²) >= 11 is 0. The van der Waals surface area contributed by atoms with Gasteiger partial charge in [0.15, 0.2) is 0 Å². The zero-order valence-corrected chi connectivity index (χ0v) is 23.5. The molecule has 0 radical (unpaired) electrons. The number of ether oxygens (including phenoxy) is 4. The van der Waals surface area contributed by atoms with Crippen molar-refractivity contribution in [2.75, 3.05) is 13.7 Å². The molecular formula is C31H39NO7. The number of carbonyl (C=O) groups excluding carboxylic acids is 3. The second-order valence-corrected chi connectivity index (χ2v) is 13.4. The van der Waals surface area contributed by atoms with Crippen LogP contribution in [0.1, 0.15) is 77.9 Å². The van der Waals surface area contributed by atoms with Crippen molar-refractivity contribution >= 4 is 18.0 Å². The van der Waals surface area contributed by atoms with E-state index in [1.165, 1.54) is 24.2 Å². The maximum atomic E-state index is 14.3. The van der Waals surface area contributed by atoms with E-state index in [9.17, 15) is 14.4 Å². The third kappa shape index (κ3) is 4.49. The molecule has 1 aromatic rings. The summed E-state index contributed by atoms with van der Waals surface area (Å²) in [6, 6.07) is 6.78. The average Bonchev–Trinajstić information content (AvgIpc) is 3.42. The smallest absolute Gasteiger partial charge is 0.417 e. The van der Waals surface area contributed by atoms with E-state index in [-0.39, 0.29) is 12.2 Å². The van der Waals surface area contributed by atoms with Crippen LogP contribution in [0.2, 0.25) is 0 Å². The van der Waals surface area contributed by atoms with E-state index < -0.39 is 47.0 Å². The fourth-order valence-electron chi connectivity index (χ4n) is 8.13. The molecule has 0 spiro atoms. The minimum absolute atomic E-state index is 0.116. The Balaban J connectivity index is 1.35. The van der Waals surface area contributed by atoms with Crippen molar-refractivity contribution in [2.24, 2.45) is 29.1 Å². The Hall–Kier alpha value is -3.03. The molecule has 2 amide bonds. The highest BCUT2D eigenvalue weighted by Crippen LogP contribution is 2.57. The van der Waals surface area contributed by atoms with E-state index in [0.717, 1.165) is 19.3 Å². The quantitative estimate of drug-likeness (QED) is 0.454. The fourth-order valence-corrected chi connectivity index (χ4v) is 8.13. The molecule has 8 nitrogen and oxygen atoms in total. The lowest BCUT2D eigenvalue weighted by atomic mass is 9.54. The van der Waals surface area contributed by atoms with Crippen LogP contribution in [-0.4, -0.2) is 48.2 Å². The first-order valence-electron chi connectivity index (χ1n) is 14.2. The van der Waals surface area contributed by atoms with Crippen LogP contribution >= 0.6 is 0 Å². The van der Waals surface area contributed by atoms with Crippen LogP contribution in [0.15, 0.2) is 35.6 Å². The highest BCUT2D eigenvalue weighted by atomic mass is 16.6. The van der Waals surface area contributed by atoms with Gasteiger partial charge in [-0.05, 0) is 86.3 Å². The number of hydrogen-bond acceptors (Lipinski definition) is 7. The number of benzene rings is 1. The van der Waals surface area contributed by atoms with Crippen LogP contribution in [-0.2, 0) is 23.8 Å². The number of rotatable bonds is 5. The number of nitrogens with zero attached hydrogens (tertiary/aromatic N) is 1. The Kier molecular flexibility index (Phi) is 6.23. The number of allylic oxidation sites excluding steroid dienone is 1. The molecule has 0 aromatic heterocycles. The van der Waals surface area contributed by atoms with Crippen molar-refractivity contribution in [1.29, 1.82) is 0 Å². The Labute approximate surface area is 230 Å². The van der Waals surface area contributed by atoms with Crippen LogP contribution in [0.4, 0.5) is 4.79 Å². The zero-order valence-electron chi connectivity index (χ0n) is 23.5. The van der Waals surface area contributed by atoms with Crippen molar-refractivity contribution in [3.63, 3.8) is 0 Å². The minimum Gasteiger partial charge on any atom is -0.497 e. The highest BCUT2D eigenvalue weighted by molar-refractivity contribution is 6.03. The van der Waals surface area contributed by atoms with Gasteiger partial charge in [0.25, 0.3) is 0 Å². The second-order valence-electron chi connectivity index (χ2n) is 13.4. The minimum atomic E-state index is -1.03. The van der Waals surface area contributed by atoms with Gasteiger partial charge in [-0.25, -0.2) is 14.5 Å². The Morgan fingerprint density at radius 3 is 2.13 bits per heavy atom. The molecule has 6 aliphatic rings. The Bertz CT molecular complexity index is 1180. The molecule has 2 aliphatic heterocycles. The average molecular weight is 538 g/mol. The van der Waals surface area contributed by atoms with E-state index in [1.54, 1.807) is 26.2 Å². The largest absolute Gasteiger partial charge is 0.497 e. The number of cyclic esters (lactones) is 1. The zero-order chi connectivity index (χ0) is 27.7. The van der Waals surface area contributed by atoms with Gasteiger partial charge in [0.1, 0.15) is 35.7 Å². The maximum Gasteiger partial charge on any atom is 0.417 e. The molecule has 0 N–H and O–H groups in total. The van der Waals surface area contributed by atoms with Gasteiger partial charge in [0, 0.05) is 0 Å². The monoisotopic (exact) mass is 537 g/mol. The number of methoxy groups -OCH3 is 1. The molecule has 4 bridgehead atoms. The summed E-state index contributed by atoms with van der Waals surface area (Å²) in [5.74, 6) is 0.832. The fraction of sp³-hybridized carbons (Fsp3) is 0.645. The molecular weight excluding hydrogens is 498 g/mol. The van der Waals surface area contributed by atoms with Crippen molar-refractivity contribution in [3.05, 3.63) is 41.2 Å². The third-order valence-electron chi connectivity index (χ3n) is 9.63. The highest BCUT2D eigenvalue weighted by Gasteiger charge is 2.56. The Morgan fingerprint density at radius 2 is 1.59 bits per heavy atom. The molecule has 7 rings (SSSR count). The predicted molar refractivity (Wildman–Crippen MR) is 141 cm³/mol. The van der Waals surface area contributed by atoms with Gasteiger partial charge < -0.3 is 18.9 Å². The molecule has 39 heavy (non-hydrogen) atoms. The molecule has 0 unspecified atom stereocenters. The van der Waals surface area contributed by atoms with Gasteiger partial charge in [-0.1, -0.05) is 32.9 Å². The van der Waals surface area contributed by atoms with Crippen molar-refractivity contribution in [1.82, 2.24) is 4.90 Å². The van der Waals surface area contributed by atoms with Crippen LogP contribution < -0.4 is 4.74 Å². The van der Waals surface area contributed by atoms with E-state index in [1.807, 2.05) is 32.9 Å². The first-order valence-corrected chi connectivity index (χ1v) is 14.2. The summed E-state index contributed by atoms with van der Waals surface area (Å²) in [5.41, 5.74) is 0.0518. The SMILES string of the molecule is COc1ccc([C@H]2OC(C)=C(C(=O)OC34CC5CC(CC(C5)C3)C4)[C@@H]2C(=O)N2C(=O)OC[C@@H]2C(C)(C)C)cc1. The van der Waals surface area contributed by atoms with Crippen LogP contribution in [0.5, 0.6) is 5.75 Å². The number of hydrogen-bond donors (Lipinski definition) is 0. The normalized spacial score (nSPS) is 35.2. The van der Waals surface area contributed by atoms with Crippen LogP contribution in [0, 0.1) is 29.1 Å². The molecule has 3 atom stereocenters. The lowest BCUT2D eigenvalue weighted by molar-refractivity contribution is -0.183. The summed E-state index contributed by atoms with van der Waals surface area (Å²) in [7, 11) is 1.59. The summed E-state index contributed by atoms with van der Waals surface area (Å²) in [6.07, 6.45) is 4.90. The van der Waals surface area contributed by atoms with E-state index in [2.05, 4.69) is 0 Å². The predicted octanol–water partition coefficient (Wildman–Crippen LogP) is 5.56. The third-order valence-corrected chi connectivity index (χ3v) is 9.63. The molecule has 1 aromatic carbocycles. The van der Waals surface area contributed by atoms with Gasteiger partial charge in [-0.15, -0.1) is 0 Å². The van der Waals surface area contributed by atoms with Crippen molar-refractivity contribution in [2.45, 2.75) is 84.0 Å². The van der Waals surface area contributed by atoms with Gasteiger partial charge in [0.2, 0.25) is 5.91 Å². The maximum absolute atomic E-state index is 14.3. The van der Waals surface area contributed by atoms with Crippen LogP contribution in [0.3, 0.4) is 0 Å². The van der Waals surface area contributed by atoms with E-state index >= 15 is 0 Å². The van der Waals surface area contributed by atoms with E-state index in [0.29, 0.717) is 34.8 Å². The summed E-state index contributed by atoms with van der Waals surface area (Å²) in [6.45, 7) is 7.73. The molecule has 1 saturated heterocycles. The van der Waals surface area contributed by atoms with Gasteiger partial charge >= 0.3 is 12.1 Å². The summed E-state index contributed by atoms with van der Waals surface area (Å²) < 4.78 is 23.3. The second kappa shape index (κ2) is 9.27. The molecule has 5 fully saturated rings. The van der Waals surface area contributed by atoms with Gasteiger partial charge in [-0.3, -0.25) is 4.79 Å². The van der Waals surface area contributed by atoms with E-state index in [4.69, 9.17) is 18.9 Å².